The van der Waals surface area contributed by atoms with E-state index in [-0.39, 0.29) is 24.2 Å². The van der Waals surface area contributed by atoms with E-state index in [1.807, 2.05) is 0 Å². The number of aryl methyl sites for hydroxylation is 2. The molecule has 2 aromatic rings. The maximum atomic E-state index is 12.4. The van der Waals surface area contributed by atoms with Gasteiger partial charge in [0.1, 0.15) is 0 Å². The molecule has 27 heavy (non-hydrogen) atoms. The Morgan fingerprint density at radius 2 is 1.93 bits per heavy atom. The van der Waals surface area contributed by atoms with Crippen molar-refractivity contribution in [3.63, 3.8) is 0 Å². The predicted octanol–water partition coefficient (Wildman–Crippen LogP) is 3.66. The molecule has 1 N–H and O–H groups in total. The summed E-state index contributed by atoms with van der Waals surface area (Å²) in [6, 6.07) is 13.3. The zero-order valence-electron chi connectivity index (χ0n) is 15.8. The molecule has 3 rings (SSSR count). The highest BCUT2D eigenvalue weighted by Crippen LogP contribution is 2.32. The molecule has 1 saturated heterocycles. The highest BCUT2D eigenvalue weighted by molar-refractivity contribution is 5.78. The fourth-order valence-corrected chi connectivity index (χ4v) is 3.87. The smallest absolute Gasteiger partial charge is 0.274 e. The van der Waals surface area contributed by atoms with E-state index in [2.05, 4.69) is 42.3 Å². The van der Waals surface area contributed by atoms with E-state index in [4.69, 9.17) is 0 Å². The fourth-order valence-electron chi connectivity index (χ4n) is 3.87. The van der Waals surface area contributed by atoms with Gasteiger partial charge in [-0.2, -0.15) is 0 Å². The van der Waals surface area contributed by atoms with Crippen LogP contribution >= 0.6 is 0 Å². The number of carbonyl (C=O) groups excluding carboxylic acids is 1. The first-order chi connectivity index (χ1) is 12.9. The number of para-hydroxylation sites is 1. The van der Waals surface area contributed by atoms with Gasteiger partial charge in [0.05, 0.1) is 11.5 Å². The van der Waals surface area contributed by atoms with Crippen LogP contribution in [-0.2, 0) is 11.3 Å². The number of carbonyl (C=O) groups is 1. The Kier molecular flexibility index (Phi) is 5.86. The first kappa shape index (κ1) is 19.0. The zero-order chi connectivity index (χ0) is 19.4. The molecule has 1 unspecified atom stereocenters. The molecule has 0 saturated carbocycles. The normalized spacial score (nSPS) is 17.0. The molecular weight excluding hydrogens is 342 g/mol. The first-order valence-electron chi connectivity index (χ1n) is 9.25. The molecule has 1 heterocycles. The molecule has 0 bridgehead atoms. The maximum Gasteiger partial charge on any atom is 0.274 e. The quantitative estimate of drug-likeness (QED) is 0.624. The Hall–Kier alpha value is -2.73. The van der Waals surface area contributed by atoms with Crippen molar-refractivity contribution in [3.05, 3.63) is 74.8 Å². The second kappa shape index (κ2) is 8.31. The summed E-state index contributed by atoms with van der Waals surface area (Å²) in [5.74, 6) is -0.107. The number of nitro groups is 1. The van der Waals surface area contributed by atoms with Crippen molar-refractivity contribution in [2.75, 3.05) is 13.1 Å². The number of rotatable bonds is 6. The van der Waals surface area contributed by atoms with E-state index in [9.17, 15) is 14.9 Å². The second-order valence-electron chi connectivity index (χ2n) is 7.21. The average Bonchev–Trinajstić information content (AvgIpc) is 3.07. The van der Waals surface area contributed by atoms with Gasteiger partial charge in [-0.25, -0.2) is 0 Å². The molecule has 1 atom stereocenters. The van der Waals surface area contributed by atoms with Gasteiger partial charge < -0.3 is 5.32 Å². The van der Waals surface area contributed by atoms with Crippen molar-refractivity contribution in [2.45, 2.75) is 39.3 Å². The van der Waals surface area contributed by atoms with Gasteiger partial charge in [0.15, 0.2) is 0 Å². The summed E-state index contributed by atoms with van der Waals surface area (Å²) >= 11 is 0. The van der Waals surface area contributed by atoms with Crippen molar-refractivity contribution in [2.24, 2.45) is 0 Å². The summed E-state index contributed by atoms with van der Waals surface area (Å²) in [7, 11) is 0. The third-order valence-electron chi connectivity index (χ3n) is 5.00. The summed E-state index contributed by atoms with van der Waals surface area (Å²) in [5.41, 5.74) is 4.28. The van der Waals surface area contributed by atoms with Crippen LogP contribution in [0.25, 0.3) is 0 Å². The molecule has 1 fully saturated rings. The third kappa shape index (κ3) is 4.71. The number of hydrogen-bond acceptors (Lipinski definition) is 4. The summed E-state index contributed by atoms with van der Waals surface area (Å²) in [6.07, 6.45) is 2.11. The van der Waals surface area contributed by atoms with Gasteiger partial charge >= 0.3 is 0 Å². The second-order valence-corrected chi connectivity index (χ2v) is 7.21. The fraction of sp³-hybridized carbons (Fsp3) is 0.381. The van der Waals surface area contributed by atoms with Crippen LogP contribution in [0.5, 0.6) is 0 Å². The lowest BCUT2D eigenvalue weighted by Gasteiger charge is -2.25. The molecular formula is C21H25N3O3. The van der Waals surface area contributed by atoms with Crippen LogP contribution in [-0.4, -0.2) is 28.8 Å². The average molecular weight is 367 g/mol. The van der Waals surface area contributed by atoms with Gasteiger partial charge in [0, 0.05) is 24.2 Å². The number of likely N-dealkylation sites (tertiary alicyclic amines) is 1. The van der Waals surface area contributed by atoms with E-state index < -0.39 is 4.92 Å². The third-order valence-corrected chi connectivity index (χ3v) is 5.00. The number of hydrogen-bond donors (Lipinski definition) is 1. The van der Waals surface area contributed by atoms with Crippen LogP contribution in [0.2, 0.25) is 0 Å². The SMILES string of the molecule is Cc1cc(C)cc(C2CCCN2CC(=O)NCc2ccccc2[N+](=O)[O-])c1. The van der Waals surface area contributed by atoms with E-state index in [0.29, 0.717) is 12.1 Å². The van der Waals surface area contributed by atoms with Gasteiger partial charge in [-0.15, -0.1) is 0 Å². The first-order valence-corrected chi connectivity index (χ1v) is 9.25. The monoisotopic (exact) mass is 367 g/mol. The lowest BCUT2D eigenvalue weighted by molar-refractivity contribution is -0.385. The van der Waals surface area contributed by atoms with Crippen molar-refractivity contribution in [1.82, 2.24) is 10.2 Å². The minimum Gasteiger partial charge on any atom is -0.351 e. The van der Waals surface area contributed by atoms with Crippen molar-refractivity contribution in [1.29, 1.82) is 0 Å². The van der Waals surface area contributed by atoms with Gasteiger partial charge in [-0.05, 0) is 38.8 Å². The van der Waals surface area contributed by atoms with Crippen LogP contribution in [0.15, 0.2) is 42.5 Å². The Morgan fingerprint density at radius 1 is 1.22 bits per heavy atom. The zero-order valence-corrected chi connectivity index (χ0v) is 15.8. The van der Waals surface area contributed by atoms with Crippen LogP contribution in [0.3, 0.4) is 0 Å². The molecule has 0 radical (unpaired) electrons. The summed E-state index contributed by atoms with van der Waals surface area (Å²) in [4.78, 5) is 25.3. The van der Waals surface area contributed by atoms with Crippen molar-refractivity contribution in [3.8, 4) is 0 Å². The lowest BCUT2D eigenvalue weighted by Crippen LogP contribution is -2.36. The molecule has 1 aliphatic heterocycles. The van der Waals surface area contributed by atoms with Crippen LogP contribution in [0, 0.1) is 24.0 Å². The van der Waals surface area contributed by atoms with Crippen molar-refractivity contribution < 1.29 is 9.72 Å². The van der Waals surface area contributed by atoms with Gasteiger partial charge in [0.2, 0.25) is 5.91 Å². The molecule has 0 aliphatic carbocycles. The molecule has 2 aromatic carbocycles. The van der Waals surface area contributed by atoms with E-state index >= 15 is 0 Å². The Bertz CT molecular complexity index is 830. The standard InChI is InChI=1S/C21H25N3O3/c1-15-10-16(2)12-18(11-15)19-8-5-9-23(19)14-21(25)22-13-17-6-3-4-7-20(17)24(26)27/h3-4,6-7,10-12,19H,5,8-9,13-14H2,1-2H3,(H,22,25). The molecule has 142 valence electrons. The summed E-state index contributed by atoms with van der Waals surface area (Å²) in [5, 5.41) is 13.9. The summed E-state index contributed by atoms with van der Waals surface area (Å²) in [6.45, 7) is 5.54. The van der Waals surface area contributed by atoms with E-state index in [1.165, 1.54) is 22.8 Å². The minimum absolute atomic E-state index is 0.0343. The number of nitrogens with one attached hydrogen (secondary N) is 1. The number of nitro benzene ring substituents is 1. The van der Waals surface area contributed by atoms with Crippen molar-refractivity contribution >= 4 is 11.6 Å². The highest BCUT2D eigenvalue weighted by atomic mass is 16.6. The molecule has 6 heteroatoms. The Morgan fingerprint density at radius 3 is 2.63 bits per heavy atom. The molecule has 0 aromatic heterocycles. The van der Waals surface area contributed by atoms with Crippen LogP contribution in [0.1, 0.15) is 41.1 Å². The summed E-state index contributed by atoms with van der Waals surface area (Å²) < 4.78 is 0. The number of amides is 1. The number of benzene rings is 2. The van der Waals surface area contributed by atoms with E-state index in [0.717, 1.165) is 19.4 Å². The van der Waals surface area contributed by atoms with Gasteiger partial charge in [-0.3, -0.25) is 19.8 Å². The van der Waals surface area contributed by atoms with E-state index in [1.54, 1.807) is 18.2 Å². The molecule has 1 aliphatic rings. The highest BCUT2D eigenvalue weighted by Gasteiger charge is 2.27. The topological polar surface area (TPSA) is 75.5 Å². The molecule has 0 spiro atoms. The van der Waals surface area contributed by atoms with Crippen LogP contribution in [0.4, 0.5) is 5.69 Å². The lowest BCUT2D eigenvalue weighted by atomic mass is 9.99. The van der Waals surface area contributed by atoms with Gasteiger partial charge in [-0.1, -0.05) is 47.5 Å². The number of nitrogens with zero attached hydrogens (tertiary/aromatic N) is 2. The van der Waals surface area contributed by atoms with Crippen LogP contribution < -0.4 is 5.32 Å². The maximum absolute atomic E-state index is 12.4. The molecule has 1 amide bonds. The molecule has 6 nitrogen and oxygen atoms in total. The predicted molar refractivity (Wildman–Crippen MR) is 104 cm³/mol. The minimum atomic E-state index is -0.419. The largest absolute Gasteiger partial charge is 0.351 e. The van der Waals surface area contributed by atoms with Gasteiger partial charge in [0.25, 0.3) is 5.69 Å². The Balaban J connectivity index is 1.63. The Labute approximate surface area is 159 Å².